The highest BCUT2D eigenvalue weighted by Gasteiger charge is 2.30. The van der Waals surface area contributed by atoms with Crippen LogP contribution in [0.1, 0.15) is 24.1 Å². The van der Waals surface area contributed by atoms with Crippen LogP contribution in [0.4, 0.5) is 5.69 Å². The molecule has 1 heterocycles. The van der Waals surface area contributed by atoms with Crippen LogP contribution in [0.15, 0.2) is 54.6 Å². The normalized spacial score (nSPS) is 16.0. The first kappa shape index (κ1) is 21.0. The summed E-state index contributed by atoms with van der Waals surface area (Å²) in [5, 5.41) is 11.0. The van der Waals surface area contributed by atoms with Crippen LogP contribution in [0.5, 0.6) is 0 Å². The van der Waals surface area contributed by atoms with E-state index < -0.39 is 0 Å². The quantitative estimate of drug-likeness (QED) is 0.532. The van der Waals surface area contributed by atoms with Crippen molar-refractivity contribution in [3.05, 3.63) is 75.8 Å². The number of piperazine rings is 1. The van der Waals surface area contributed by atoms with Crippen LogP contribution in [-0.2, 0) is 11.3 Å². The molecule has 1 aliphatic heterocycles. The van der Waals surface area contributed by atoms with Gasteiger partial charge in [-0.25, -0.2) is 0 Å². The molecule has 2 aromatic rings. The van der Waals surface area contributed by atoms with Gasteiger partial charge in [0.2, 0.25) is 5.91 Å². The fraction of sp³-hybridized carbons (Fsp3) is 0.409. The minimum Gasteiger partial charge on any atom is -0.338 e. The van der Waals surface area contributed by atoms with E-state index in [1.165, 1.54) is 6.07 Å². The van der Waals surface area contributed by atoms with Gasteiger partial charge in [0, 0.05) is 44.9 Å². The minimum atomic E-state index is -0.367. The molecule has 1 saturated heterocycles. The van der Waals surface area contributed by atoms with Crippen molar-refractivity contribution in [3.63, 3.8) is 0 Å². The molecule has 0 bridgehead atoms. The number of rotatable bonds is 7. The second-order valence-electron chi connectivity index (χ2n) is 7.41. The van der Waals surface area contributed by atoms with Crippen molar-refractivity contribution >= 4 is 11.6 Å². The molecule has 29 heavy (non-hydrogen) atoms. The van der Waals surface area contributed by atoms with Crippen molar-refractivity contribution < 1.29 is 9.72 Å². The van der Waals surface area contributed by atoms with E-state index in [1.807, 2.05) is 48.3 Å². The lowest BCUT2D eigenvalue weighted by atomic mass is 10.0. The molecule has 1 unspecified atom stereocenters. The molecule has 7 nitrogen and oxygen atoms in total. The lowest BCUT2D eigenvalue weighted by Crippen LogP contribution is -2.51. The number of hydrogen-bond donors (Lipinski definition) is 0. The summed E-state index contributed by atoms with van der Waals surface area (Å²) >= 11 is 0. The van der Waals surface area contributed by atoms with Crippen molar-refractivity contribution in [2.45, 2.75) is 19.5 Å². The van der Waals surface area contributed by atoms with E-state index >= 15 is 0 Å². The number of non-ortho nitro benzene ring substituents is 1. The SMILES string of the molecule is CCN(C)C(C(=O)N1CCN(Cc2cccc([N+](=O)[O-])c2)CC1)c1ccccc1. The number of carbonyl (C=O) groups is 1. The molecule has 0 aliphatic carbocycles. The number of benzene rings is 2. The highest BCUT2D eigenvalue weighted by atomic mass is 16.6. The van der Waals surface area contributed by atoms with Crippen LogP contribution >= 0.6 is 0 Å². The number of carbonyl (C=O) groups excluding carboxylic acids is 1. The number of amides is 1. The molecule has 1 aliphatic rings. The average Bonchev–Trinajstić information content (AvgIpc) is 2.75. The predicted octanol–water partition coefficient (Wildman–Crippen LogP) is 2.93. The Hall–Kier alpha value is -2.77. The summed E-state index contributed by atoms with van der Waals surface area (Å²) in [6.07, 6.45) is 0. The Morgan fingerprint density at radius 2 is 1.79 bits per heavy atom. The summed E-state index contributed by atoms with van der Waals surface area (Å²) in [5.74, 6) is 0.135. The van der Waals surface area contributed by atoms with Crippen LogP contribution in [0.3, 0.4) is 0 Å². The first-order valence-electron chi connectivity index (χ1n) is 9.99. The maximum Gasteiger partial charge on any atom is 0.269 e. The summed E-state index contributed by atoms with van der Waals surface area (Å²) < 4.78 is 0. The van der Waals surface area contributed by atoms with Gasteiger partial charge in [-0.2, -0.15) is 0 Å². The topological polar surface area (TPSA) is 69.9 Å². The summed E-state index contributed by atoms with van der Waals surface area (Å²) in [6, 6.07) is 16.4. The van der Waals surface area contributed by atoms with E-state index in [4.69, 9.17) is 0 Å². The van der Waals surface area contributed by atoms with Gasteiger partial charge in [-0.1, -0.05) is 49.4 Å². The Bertz CT molecular complexity index is 835. The summed E-state index contributed by atoms with van der Waals surface area (Å²) in [7, 11) is 1.98. The van der Waals surface area contributed by atoms with E-state index in [2.05, 4.69) is 16.7 Å². The fourth-order valence-electron chi connectivity index (χ4n) is 3.73. The van der Waals surface area contributed by atoms with Crippen LogP contribution in [0.2, 0.25) is 0 Å². The summed E-state index contributed by atoms with van der Waals surface area (Å²) in [5.41, 5.74) is 2.05. The zero-order valence-corrected chi connectivity index (χ0v) is 17.0. The maximum absolute atomic E-state index is 13.3. The molecule has 2 aromatic carbocycles. The lowest BCUT2D eigenvalue weighted by Gasteiger charge is -2.38. The molecule has 0 radical (unpaired) electrons. The monoisotopic (exact) mass is 396 g/mol. The Labute approximate surface area is 171 Å². The second-order valence-corrected chi connectivity index (χ2v) is 7.41. The fourth-order valence-corrected chi connectivity index (χ4v) is 3.73. The Balaban J connectivity index is 1.62. The third kappa shape index (κ3) is 5.19. The van der Waals surface area contributed by atoms with Crippen molar-refractivity contribution in [2.24, 2.45) is 0 Å². The molecule has 1 fully saturated rings. The van der Waals surface area contributed by atoms with E-state index in [0.717, 1.165) is 30.8 Å². The number of hydrogen-bond acceptors (Lipinski definition) is 5. The molecule has 0 spiro atoms. The zero-order chi connectivity index (χ0) is 20.8. The number of nitro groups is 1. The summed E-state index contributed by atoms with van der Waals surface area (Å²) in [6.45, 7) is 6.33. The van der Waals surface area contributed by atoms with Gasteiger partial charge in [0.05, 0.1) is 4.92 Å². The Kier molecular flexibility index (Phi) is 6.95. The second kappa shape index (κ2) is 9.62. The first-order valence-corrected chi connectivity index (χ1v) is 9.99. The highest BCUT2D eigenvalue weighted by molar-refractivity contribution is 5.83. The lowest BCUT2D eigenvalue weighted by molar-refractivity contribution is -0.384. The molecule has 0 saturated carbocycles. The largest absolute Gasteiger partial charge is 0.338 e. The van der Waals surface area contributed by atoms with Crippen molar-refractivity contribution in [1.82, 2.24) is 14.7 Å². The number of nitro benzene ring substituents is 1. The van der Waals surface area contributed by atoms with Crippen LogP contribution < -0.4 is 0 Å². The summed E-state index contributed by atoms with van der Waals surface area (Å²) in [4.78, 5) is 30.1. The maximum atomic E-state index is 13.3. The molecular formula is C22H28N4O3. The smallest absolute Gasteiger partial charge is 0.269 e. The predicted molar refractivity (Wildman–Crippen MR) is 112 cm³/mol. The van der Waals surface area contributed by atoms with E-state index in [9.17, 15) is 14.9 Å². The molecule has 154 valence electrons. The zero-order valence-electron chi connectivity index (χ0n) is 17.0. The first-order chi connectivity index (χ1) is 14.0. The van der Waals surface area contributed by atoms with Crippen molar-refractivity contribution in [1.29, 1.82) is 0 Å². The minimum absolute atomic E-state index is 0.115. The van der Waals surface area contributed by atoms with E-state index in [0.29, 0.717) is 19.6 Å². The third-order valence-corrected chi connectivity index (χ3v) is 5.50. The van der Waals surface area contributed by atoms with Gasteiger partial charge in [-0.15, -0.1) is 0 Å². The molecule has 1 amide bonds. The Morgan fingerprint density at radius 3 is 2.41 bits per heavy atom. The molecule has 0 N–H and O–H groups in total. The highest BCUT2D eigenvalue weighted by Crippen LogP contribution is 2.23. The van der Waals surface area contributed by atoms with Crippen molar-refractivity contribution in [3.8, 4) is 0 Å². The van der Waals surface area contributed by atoms with E-state index in [-0.39, 0.29) is 22.6 Å². The number of nitrogens with zero attached hydrogens (tertiary/aromatic N) is 4. The average molecular weight is 396 g/mol. The van der Waals surface area contributed by atoms with Gasteiger partial charge in [-0.05, 0) is 24.7 Å². The van der Waals surface area contributed by atoms with Crippen molar-refractivity contribution in [2.75, 3.05) is 39.8 Å². The van der Waals surface area contributed by atoms with Crippen LogP contribution in [0, 0.1) is 10.1 Å². The Morgan fingerprint density at radius 1 is 1.10 bits per heavy atom. The van der Waals surface area contributed by atoms with Gasteiger partial charge in [0.15, 0.2) is 0 Å². The molecule has 7 heteroatoms. The third-order valence-electron chi connectivity index (χ3n) is 5.50. The molecule has 0 aromatic heterocycles. The van der Waals surface area contributed by atoms with Gasteiger partial charge in [-0.3, -0.25) is 24.7 Å². The molecule has 3 rings (SSSR count). The van der Waals surface area contributed by atoms with Gasteiger partial charge < -0.3 is 4.90 Å². The number of likely N-dealkylation sites (N-methyl/N-ethyl adjacent to an activating group) is 1. The van der Waals surface area contributed by atoms with Gasteiger partial charge in [0.1, 0.15) is 6.04 Å². The van der Waals surface area contributed by atoms with Gasteiger partial charge in [0.25, 0.3) is 5.69 Å². The molecule has 1 atom stereocenters. The van der Waals surface area contributed by atoms with E-state index in [1.54, 1.807) is 12.1 Å². The van der Waals surface area contributed by atoms with Crippen LogP contribution in [-0.4, -0.2) is 65.3 Å². The standard InChI is InChI=1S/C22H28N4O3/c1-3-23(2)21(19-9-5-4-6-10-19)22(27)25-14-12-24(13-15-25)17-18-8-7-11-20(16-18)26(28)29/h4-11,16,21H,3,12-15,17H2,1-2H3. The van der Waals surface area contributed by atoms with Gasteiger partial charge >= 0.3 is 0 Å². The molecular weight excluding hydrogens is 368 g/mol. The van der Waals surface area contributed by atoms with Crippen LogP contribution in [0.25, 0.3) is 0 Å².